The van der Waals surface area contributed by atoms with Crippen molar-refractivity contribution in [2.45, 2.75) is 24.3 Å². The van der Waals surface area contributed by atoms with Crippen LogP contribution in [0.4, 0.5) is 5.13 Å². The number of carbonyl (C=O) groups excluding carboxylic acids is 1. The van der Waals surface area contributed by atoms with Gasteiger partial charge in [-0.15, -0.1) is 11.3 Å². The summed E-state index contributed by atoms with van der Waals surface area (Å²) in [5.41, 5.74) is 3.04. The zero-order valence-corrected chi connectivity index (χ0v) is 16.7. The van der Waals surface area contributed by atoms with Gasteiger partial charge in [0.25, 0.3) is 10.0 Å². The molecule has 0 saturated heterocycles. The minimum absolute atomic E-state index is 0.00253. The molecular weight excluding hydrogens is 394 g/mol. The molecule has 1 N–H and O–H groups in total. The van der Waals surface area contributed by atoms with Crippen molar-refractivity contribution in [2.75, 3.05) is 11.3 Å². The van der Waals surface area contributed by atoms with Gasteiger partial charge < -0.3 is 4.90 Å². The van der Waals surface area contributed by atoms with Gasteiger partial charge in [-0.1, -0.05) is 42.5 Å². The van der Waals surface area contributed by atoms with Crippen molar-refractivity contribution in [3.8, 4) is 0 Å². The molecule has 0 spiro atoms. The number of hydrogen-bond donors (Lipinski definition) is 1. The molecule has 3 aromatic rings. The van der Waals surface area contributed by atoms with Crippen LogP contribution in [0.25, 0.3) is 0 Å². The molecule has 1 aliphatic heterocycles. The molecule has 0 aliphatic carbocycles. The molecule has 1 aromatic heterocycles. The minimum atomic E-state index is -3.68. The van der Waals surface area contributed by atoms with Crippen LogP contribution in [0.3, 0.4) is 0 Å². The van der Waals surface area contributed by atoms with Crippen LogP contribution < -0.4 is 4.72 Å². The Morgan fingerprint density at radius 3 is 2.57 bits per heavy atom. The second kappa shape index (κ2) is 7.73. The number of amides is 1. The lowest BCUT2D eigenvalue weighted by molar-refractivity contribution is -0.131. The van der Waals surface area contributed by atoms with Gasteiger partial charge in [0, 0.05) is 18.5 Å². The van der Waals surface area contributed by atoms with Crippen LogP contribution in [0.2, 0.25) is 0 Å². The number of hydrogen-bond acceptors (Lipinski definition) is 5. The molecule has 2 heterocycles. The number of benzene rings is 2. The molecule has 0 bridgehead atoms. The number of nitrogens with zero attached hydrogens (tertiary/aromatic N) is 2. The number of nitrogens with one attached hydrogen (secondary N) is 1. The van der Waals surface area contributed by atoms with Crippen molar-refractivity contribution in [2.24, 2.45) is 0 Å². The molecular formula is C20H19N3O3S2. The lowest BCUT2D eigenvalue weighted by Crippen LogP contribution is -2.36. The second-order valence-corrected chi connectivity index (χ2v) is 9.11. The standard InChI is InChI=1S/C20H19N3O3S2/c24-19(23-11-10-15-6-4-5-7-16(15)13-23)12-17-14-27-20(21-17)22-28(25,26)18-8-2-1-3-9-18/h1-9,14H,10-13H2,(H,21,22). The first-order valence-corrected chi connectivity index (χ1v) is 11.2. The predicted molar refractivity (Wildman–Crippen MR) is 109 cm³/mol. The summed E-state index contributed by atoms with van der Waals surface area (Å²) in [6.07, 6.45) is 1.01. The van der Waals surface area contributed by atoms with E-state index in [1.807, 2.05) is 23.1 Å². The number of sulfonamides is 1. The molecule has 2 aromatic carbocycles. The van der Waals surface area contributed by atoms with E-state index in [0.29, 0.717) is 18.8 Å². The van der Waals surface area contributed by atoms with Crippen LogP contribution in [-0.4, -0.2) is 30.8 Å². The quantitative estimate of drug-likeness (QED) is 0.697. The average molecular weight is 414 g/mol. The van der Waals surface area contributed by atoms with Crippen LogP contribution in [-0.2, 0) is 34.2 Å². The molecule has 1 aliphatic rings. The highest BCUT2D eigenvalue weighted by Crippen LogP contribution is 2.22. The highest BCUT2D eigenvalue weighted by Gasteiger charge is 2.22. The van der Waals surface area contributed by atoms with Crippen molar-refractivity contribution in [3.05, 3.63) is 76.8 Å². The summed E-state index contributed by atoms with van der Waals surface area (Å²) in [7, 11) is -3.68. The first kappa shape index (κ1) is 18.6. The molecule has 0 unspecified atom stereocenters. The van der Waals surface area contributed by atoms with Gasteiger partial charge in [0.05, 0.1) is 17.0 Å². The van der Waals surface area contributed by atoms with E-state index in [9.17, 15) is 13.2 Å². The van der Waals surface area contributed by atoms with E-state index in [-0.39, 0.29) is 22.4 Å². The lowest BCUT2D eigenvalue weighted by Gasteiger charge is -2.28. The summed E-state index contributed by atoms with van der Waals surface area (Å²) < 4.78 is 27.2. The van der Waals surface area contributed by atoms with Crippen LogP contribution in [0, 0.1) is 0 Å². The number of carbonyl (C=O) groups is 1. The van der Waals surface area contributed by atoms with Gasteiger partial charge in [0.1, 0.15) is 0 Å². The Morgan fingerprint density at radius 1 is 1.07 bits per heavy atom. The Morgan fingerprint density at radius 2 is 1.79 bits per heavy atom. The zero-order valence-electron chi connectivity index (χ0n) is 15.0. The Kier molecular flexibility index (Phi) is 5.15. The van der Waals surface area contributed by atoms with Gasteiger partial charge in [0.2, 0.25) is 5.91 Å². The van der Waals surface area contributed by atoms with Crippen molar-refractivity contribution < 1.29 is 13.2 Å². The number of rotatable bonds is 5. The fourth-order valence-electron chi connectivity index (χ4n) is 3.18. The van der Waals surface area contributed by atoms with E-state index in [1.54, 1.807) is 23.6 Å². The van der Waals surface area contributed by atoms with E-state index in [1.165, 1.54) is 34.6 Å². The van der Waals surface area contributed by atoms with E-state index in [2.05, 4.69) is 15.8 Å². The zero-order chi connectivity index (χ0) is 19.6. The molecule has 1 amide bonds. The van der Waals surface area contributed by atoms with Crippen LogP contribution in [0.5, 0.6) is 0 Å². The maximum Gasteiger partial charge on any atom is 0.263 e. The van der Waals surface area contributed by atoms with Crippen LogP contribution >= 0.6 is 11.3 Å². The Labute approximate surface area is 167 Å². The number of aromatic nitrogens is 1. The Bertz CT molecular complexity index is 1090. The van der Waals surface area contributed by atoms with Crippen LogP contribution in [0.1, 0.15) is 16.8 Å². The van der Waals surface area contributed by atoms with Gasteiger partial charge in [-0.3, -0.25) is 9.52 Å². The van der Waals surface area contributed by atoms with Gasteiger partial charge >= 0.3 is 0 Å². The molecule has 0 saturated carbocycles. The second-order valence-electron chi connectivity index (χ2n) is 6.57. The summed E-state index contributed by atoms with van der Waals surface area (Å²) in [5.74, 6) is -0.00253. The van der Waals surface area contributed by atoms with E-state index in [0.717, 1.165) is 6.42 Å². The highest BCUT2D eigenvalue weighted by atomic mass is 32.2. The van der Waals surface area contributed by atoms with Gasteiger partial charge in [-0.05, 0) is 29.7 Å². The Hall–Kier alpha value is -2.71. The summed E-state index contributed by atoms with van der Waals surface area (Å²) >= 11 is 1.18. The maximum atomic E-state index is 12.6. The van der Waals surface area contributed by atoms with E-state index >= 15 is 0 Å². The smallest absolute Gasteiger partial charge is 0.263 e. The van der Waals surface area contributed by atoms with Crippen molar-refractivity contribution >= 4 is 32.4 Å². The monoisotopic (exact) mass is 413 g/mol. The molecule has 6 nitrogen and oxygen atoms in total. The number of fused-ring (bicyclic) bond motifs is 1. The summed E-state index contributed by atoms with van der Waals surface area (Å²) in [6, 6.07) is 16.3. The summed E-state index contributed by atoms with van der Waals surface area (Å²) in [5, 5.41) is 1.98. The normalized spacial score (nSPS) is 13.8. The largest absolute Gasteiger partial charge is 0.338 e. The SMILES string of the molecule is O=C(Cc1csc(NS(=O)(=O)c2ccccc2)n1)N1CCc2ccccc2C1. The van der Waals surface area contributed by atoms with E-state index < -0.39 is 10.0 Å². The van der Waals surface area contributed by atoms with Crippen molar-refractivity contribution in [1.82, 2.24) is 9.88 Å². The van der Waals surface area contributed by atoms with Crippen molar-refractivity contribution in [3.63, 3.8) is 0 Å². The molecule has 144 valence electrons. The first-order valence-electron chi connectivity index (χ1n) is 8.88. The highest BCUT2D eigenvalue weighted by molar-refractivity contribution is 7.93. The first-order chi connectivity index (χ1) is 13.5. The average Bonchev–Trinajstić information content (AvgIpc) is 3.14. The molecule has 0 fully saturated rings. The van der Waals surface area contributed by atoms with Crippen molar-refractivity contribution in [1.29, 1.82) is 0 Å². The molecule has 4 rings (SSSR count). The van der Waals surface area contributed by atoms with E-state index in [4.69, 9.17) is 0 Å². The third-order valence-corrected chi connectivity index (χ3v) is 6.93. The third-order valence-electron chi connectivity index (χ3n) is 4.64. The topological polar surface area (TPSA) is 79.4 Å². The molecule has 8 heteroatoms. The number of thiazole rings is 1. The summed E-state index contributed by atoms with van der Waals surface area (Å²) in [4.78, 5) is 18.9. The molecule has 0 atom stereocenters. The minimum Gasteiger partial charge on any atom is -0.338 e. The maximum absolute atomic E-state index is 12.6. The molecule has 0 radical (unpaired) electrons. The third kappa shape index (κ3) is 4.07. The van der Waals surface area contributed by atoms with Gasteiger partial charge in [-0.2, -0.15) is 0 Å². The number of anilines is 1. The predicted octanol–water partition coefficient (Wildman–Crippen LogP) is 3.07. The summed E-state index contributed by atoms with van der Waals surface area (Å²) in [6.45, 7) is 1.29. The van der Waals surface area contributed by atoms with Gasteiger partial charge in [0.15, 0.2) is 5.13 Å². The molecule has 28 heavy (non-hydrogen) atoms. The lowest BCUT2D eigenvalue weighted by atomic mass is 10.00. The fraction of sp³-hybridized carbons (Fsp3) is 0.200. The van der Waals surface area contributed by atoms with Gasteiger partial charge in [-0.25, -0.2) is 13.4 Å². The fourth-order valence-corrected chi connectivity index (χ4v) is 5.17. The Balaban J connectivity index is 1.41. The van der Waals surface area contributed by atoms with Crippen LogP contribution in [0.15, 0.2) is 64.9 Å².